The number of hydrogen-bond acceptors (Lipinski definition) is 3. The van der Waals surface area contributed by atoms with Gasteiger partial charge in [0.05, 0.1) is 6.10 Å². The van der Waals surface area contributed by atoms with Crippen LogP contribution in [-0.2, 0) is 11.2 Å². The Morgan fingerprint density at radius 3 is 2.44 bits per heavy atom. The normalized spacial score (nSPS) is 23.2. The second-order valence-corrected chi connectivity index (χ2v) is 7.92. The summed E-state index contributed by atoms with van der Waals surface area (Å²) >= 11 is 0. The van der Waals surface area contributed by atoms with Crippen molar-refractivity contribution in [3.8, 4) is 0 Å². The molecule has 1 fully saturated rings. The summed E-state index contributed by atoms with van der Waals surface area (Å²) in [5, 5.41) is 0. The first-order chi connectivity index (χ1) is 13.3. The van der Waals surface area contributed by atoms with Crippen molar-refractivity contribution in [1.82, 2.24) is 4.90 Å². The lowest BCUT2D eigenvalue weighted by Crippen LogP contribution is -2.46. The Kier molecular flexibility index (Phi) is 6.10. The van der Waals surface area contributed by atoms with Crippen molar-refractivity contribution in [2.24, 2.45) is 0 Å². The van der Waals surface area contributed by atoms with Gasteiger partial charge in [0.25, 0.3) is 0 Å². The molecule has 27 heavy (non-hydrogen) atoms. The number of aryl methyl sites for hydroxylation is 1. The van der Waals surface area contributed by atoms with Crippen molar-refractivity contribution < 1.29 is 4.74 Å². The second kappa shape index (κ2) is 8.90. The van der Waals surface area contributed by atoms with Gasteiger partial charge < -0.3 is 9.64 Å². The van der Waals surface area contributed by atoms with Gasteiger partial charge in [0.15, 0.2) is 0 Å². The average Bonchev–Trinajstić information content (AvgIpc) is 2.75. The van der Waals surface area contributed by atoms with E-state index in [4.69, 9.17) is 4.74 Å². The molecule has 0 bridgehead atoms. The van der Waals surface area contributed by atoms with Gasteiger partial charge in [0, 0.05) is 44.9 Å². The van der Waals surface area contributed by atoms with Gasteiger partial charge in [0.1, 0.15) is 0 Å². The van der Waals surface area contributed by atoms with Crippen LogP contribution < -0.4 is 4.90 Å². The zero-order valence-electron chi connectivity index (χ0n) is 16.5. The third kappa shape index (κ3) is 4.36. The quantitative estimate of drug-likeness (QED) is 0.759. The monoisotopic (exact) mass is 364 g/mol. The Hall–Kier alpha value is -1.84. The van der Waals surface area contributed by atoms with Gasteiger partial charge in [-0.05, 0) is 55.5 Å². The average molecular weight is 365 g/mol. The van der Waals surface area contributed by atoms with E-state index in [2.05, 4.69) is 64.4 Å². The Morgan fingerprint density at radius 2 is 1.67 bits per heavy atom. The summed E-state index contributed by atoms with van der Waals surface area (Å²) in [7, 11) is 1.88. The van der Waals surface area contributed by atoms with Crippen LogP contribution in [0, 0.1) is 0 Å². The Balaban J connectivity index is 1.28. The van der Waals surface area contributed by atoms with Crippen molar-refractivity contribution in [3.63, 3.8) is 0 Å². The van der Waals surface area contributed by atoms with Gasteiger partial charge in [-0.15, -0.1) is 0 Å². The molecule has 2 atom stereocenters. The summed E-state index contributed by atoms with van der Waals surface area (Å²) in [6.07, 6.45) is 5.19. The SMILES string of the molecule is COC1CCc2ccccc2C1CCCN1CCN(c2ccccc2)CC1. The highest BCUT2D eigenvalue weighted by Crippen LogP contribution is 2.36. The Labute approximate surface area is 163 Å². The molecule has 0 spiro atoms. The predicted octanol–water partition coefficient (Wildman–Crippen LogP) is 4.33. The molecular formula is C24H32N2O. The van der Waals surface area contributed by atoms with Crippen LogP contribution in [0.25, 0.3) is 0 Å². The summed E-state index contributed by atoms with van der Waals surface area (Å²) in [5.41, 5.74) is 4.43. The number of anilines is 1. The number of fused-ring (bicyclic) bond motifs is 1. The molecule has 0 amide bonds. The maximum atomic E-state index is 5.85. The van der Waals surface area contributed by atoms with Gasteiger partial charge in [0.2, 0.25) is 0 Å². The summed E-state index contributed by atoms with van der Waals surface area (Å²) in [6.45, 7) is 5.82. The molecule has 3 heteroatoms. The lowest BCUT2D eigenvalue weighted by atomic mass is 9.78. The maximum absolute atomic E-state index is 5.85. The highest BCUT2D eigenvalue weighted by atomic mass is 16.5. The van der Waals surface area contributed by atoms with Gasteiger partial charge in [-0.3, -0.25) is 4.90 Å². The molecule has 144 valence electrons. The van der Waals surface area contributed by atoms with Crippen molar-refractivity contribution in [2.75, 3.05) is 44.7 Å². The van der Waals surface area contributed by atoms with Gasteiger partial charge in [-0.1, -0.05) is 42.5 Å². The van der Waals surface area contributed by atoms with E-state index in [9.17, 15) is 0 Å². The van der Waals surface area contributed by atoms with E-state index in [1.807, 2.05) is 7.11 Å². The van der Waals surface area contributed by atoms with E-state index < -0.39 is 0 Å². The highest BCUT2D eigenvalue weighted by molar-refractivity contribution is 5.46. The molecule has 0 radical (unpaired) electrons. The molecule has 2 aromatic carbocycles. The molecule has 2 aromatic rings. The number of methoxy groups -OCH3 is 1. The van der Waals surface area contributed by atoms with Crippen LogP contribution >= 0.6 is 0 Å². The van der Waals surface area contributed by atoms with Crippen molar-refractivity contribution in [2.45, 2.75) is 37.7 Å². The first kappa shape index (κ1) is 18.5. The van der Waals surface area contributed by atoms with E-state index in [0.29, 0.717) is 12.0 Å². The zero-order chi connectivity index (χ0) is 18.5. The molecule has 3 nitrogen and oxygen atoms in total. The van der Waals surface area contributed by atoms with Crippen LogP contribution in [0.3, 0.4) is 0 Å². The van der Waals surface area contributed by atoms with Crippen LogP contribution in [0.5, 0.6) is 0 Å². The summed E-state index contributed by atoms with van der Waals surface area (Å²) < 4.78 is 5.85. The molecule has 1 saturated heterocycles. The molecule has 2 aliphatic rings. The molecule has 0 saturated carbocycles. The first-order valence-electron chi connectivity index (χ1n) is 10.5. The van der Waals surface area contributed by atoms with E-state index in [-0.39, 0.29) is 0 Å². The predicted molar refractivity (Wildman–Crippen MR) is 113 cm³/mol. The fraction of sp³-hybridized carbons (Fsp3) is 0.500. The largest absolute Gasteiger partial charge is 0.381 e. The number of nitrogens with zero attached hydrogens (tertiary/aromatic N) is 2. The lowest BCUT2D eigenvalue weighted by molar-refractivity contribution is 0.0617. The van der Waals surface area contributed by atoms with E-state index >= 15 is 0 Å². The Morgan fingerprint density at radius 1 is 0.926 bits per heavy atom. The van der Waals surface area contributed by atoms with Gasteiger partial charge in [-0.25, -0.2) is 0 Å². The molecule has 4 rings (SSSR count). The van der Waals surface area contributed by atoms with Gasteiger partial charge in [-0.2, -0.15) is 0 Å². The maximum Gasteiger partial charge on any atom is 0.0643 e. The number of para-hydroxylation sites is 1. The fourth-order valence-corrected chi connectivity index (χ4v) is 4.85. The minimum Gasteiger partial charge on any atom is -0.381 e. The van der Waals surface area contributed by atoms with E-state index in [1.54, 1.807) is 0 Å². The first-order valence-corrected chi connectivity index (χ1v) is 10.5. The molecular weight excluding hydrogens is 332 g/mol. The smallest absolute Gasteiger partial charge is 0.0643 e. The van der Waals surface area contributed by atoms with Crippen LogP contribution in [-0.4, -0.2) is 50.8 Å². The summed E-state index contributed by atoms with van der Waals surface area (Å²) in [6, 6.07) is 19.8. The molecule has 1 aliphatic heterocycles. The van der Waals surface area contributed by atoms with Crippen molar-refractivity contribution in [1.29, 1.82) is 0 Å². The zero-order valence-corrected chi connectivity index (χ0v) is 16.5. The molecule has 0 aromatic heterocycles. The fourth-order valence-electron chi connectivity index (χ4n) is 4.85. The van der Waals surface area contributed by atoms with E-state index in [0.717, 1.165) is 25.9 Å². The molecule has 1 heterocycles. The number of piperazine rings is 1. The highest BCUT2D eigenvalue weighted by Gasteiger charge is 2.29. The summed E-state index contributed by atoms with van der Waals surface area (Å²) in [4.78, 5) is 5.14. The van der Waals surface area contributed by atoms with Crippen molar-refractivity contribution >= 4 is 5.69 Å². The molecule has 2 unspecified atom stereocenters. The minimum absolute atomic E-state index is 0.384. The molecule has 1 aliphatic carbocycles. The van der Waals surface area contributed by atoms with Crippen LogP contribution in [0.1, 0.15) is 36.3 Å². The topological polar surface area (TPSA) is 15.7 Å². The van der Waals surface area contributed by atoms with Gasteiger partial charge >= 0.3 is 0 Å². The third-order valence-corrected chi connectivity index (χ3v) is 6.39. The minimum atomic E-state index is 0.384. The number of rotatable bonds is 6. The molecule has 0 N–H and O–H groups in total. The summed E-state index contributed by atoms with van der Waals surface area (Å²) in [5.74, 6) is 0.561. The van der Waals surface area contributed by atoms with Crippen molar-refractivity contribution in [3.05, 3.63) is 65.7 Å². The van der Waals surface area contributed by atoms with Crippen LogP contribution in [0.2, 0.25) is 0 Å². The lowest BCUT2D eigenvalue weighted by Gasteiger charge is -2.37. The second-order valence-electron chi connectivity index (χ2n) is 7.92. The van der Waals surface area contributed by atoms with Crippen LogP contribution in [0.4, 0.5) is 5.69 Å². The number of hydrogen-bond donors (Lipinski definition) is 0. The van der Waals surface area contributed by atoms with E-state index in [1.165, 1.54) is 49.3 Å². The third-order valence-electron chi connectivity index (χ3n) is 6.39. The number of ether oxygens (including phenoxy) is 1. The van der Waals surface area contributed by atoms with Crippen LogP contribution in [0.15, 0.2) is 54.6 Å². The number of benzene rings is 2. The Bertz CT molecular complexity index is 709. The standard InChI is InChI=1S/C24H32N2O/c1-27-24-14-13-20-8-5-6-11-22(20)23(24)12-7-15-25-16-18-26(19-17-25)21-9-3-2-4-10-21/h2-6,8-11,23-24H,7,12-19H2,1H3.